The summed E-state index contributed by atoms with van der Waals surface area (Å²) in [5, 5.41) is 17.5. The molecule has 0 spiro atoms. The maximum absolute atomic E-state index is 10.7. The van der Waals surface area contributed by atoms with Gasteiger partial charge < -0.3 is 9.84 Å². The second-order valence-electron chi connectivity index (χ2n) is 4.56. The zero-order valence-electron chi connectivity index (χ0n) is 11.9. The van der Waals surface area contributed by atoms with Crippen LogP contribution in [0.15, 0.2) is 24.3 Å². The van der Waals surface area contributed by atoms with Crippen molar-refractivity contribution in [2.24, 2.45) is 0 Å². The van der Waals surface area contributed by atoms with Gasteiger partial charge in [0.1, 0.15) is 12.4 Å². The average Bonchev–Trinajstić information content (AvgIpc) is 2.43. The summed E-state index contributed by atoms with van der Waals surface area (Å²) in [6.45, 7) is 5.85. The second kappa shape index (κ2) is 8.18. The highest BCUT2D eigenvalue weighted by Crippen LogP contribution is 2.12. The number of nitrogens with zero attached hydrogens (tertiary/aromatic N) is 2. The van der Waals surface area contributed by atoms with E-state index in [0.29, 0.717) is 24.5 Å². The fourth-order valence-electron chi connectivity index (χ4n) is 1.98. The second-order valence-corrected chi connectivity index (χ2v) is 4.56. The zero-order chi connectivity index (χ0) is 15.0. The molecule has 1 aromatic rings. The molecule has 1 rings (SSSR count). The van der Waals surface area contributed by atoms with Gasteiger partial charge in [0.2, 0.25) is 0 Å². The Kier molecular flexibility index (Phi) is 6.54. The Balaban J connectivity index is 2.40. The monoisotopic (exact) mass is 276 g/mol. The molecular formula is C15H20N2O3. The third-order valence-electron chi connectivity index (χ3n) is 3.13. The van der Waals surface area contributed by atoms with Gasteiger partial charge in [-0.2, -0.15) is 5.26 Å². The summed E-state index contributed by atoms with van der Waals surface area (Å²) in [5.74, 6) is -0.0742. The van der Waals surface area contributed by atoms with Crippen LogP contribution in [0.1, 0.15) is 25.8 Å². The molecule has 5 heteroatoms. The van der Waals surface area contributed by atoms with Gasteiger partial charge in [-0.1, -0.05) is 6.92 Å². The van der Waals surface area contributed by atoms with Crippen molar-refractivity contribution < 1.29 is 14.6 Å². The SMILES string of the molecule is CCN(CCOc1ccc(C#N)cc1)C(C)CC(=O)O. The molecular weight excluding hydrogens is 256 g/mol. The number of likely N-dealkylation sites (N-methyl/N-ethyl adjacent to an activating group) is 1. The first kappa shape index (κ1) is 16.0. The summed E-state index contributed by atoms with van der Waals surface area (Å²) in [7, 11) is 0. The van der Waals surface area contributed by atoms with Crippen LogP contribution in [0.5, 0.6) is 5.75 Å². The fourth-order valence-corrected chi connectivity index (χ4v) is 1.98. The number of carboxylic acids is 1. The van der Waals surface area contributed by atoms with Crippen LogP contribution in [0.3, 0.4) is 0 Å². The summed E-state index contributed by atoms with van der Waals surface area (Å²) in [5.41, 5.74) is 0.600. The minimum absolute atomic E-state index is 0.0120. The van der Waals surface area contributed by atoms with Crippen LogP contribution in [0.4, 0.5) is 0 Å². The number of carbonyl (C=O) groups is 1. The molecule has 5 nitrogen and oxygen atoms in total. The molecule has 0 bridgehead atoms. The summed E-state index contributed by atoms with van der Waals surface area (Å²) < 4.78 is 5.59. The van der Waals surface area contributed by atoms with E-state index in [1.54, 1.807) is 24.3 Å². The molecule has 0 aromatic heterocycles. The molecule has 0 saturated heterocycles. The number of benzene rings is 1. The Bertz CT molecular complexity index is 465. The minimum atomic E-state index is -0.788. The molecule has 0 aliphatic heterocycles. The normalized spacial score (nSPS) is 11.9. The highest BCUT2D eigenvalue weighted by atomic mass is 16.5. The van der Waals surface area contributed by atoms with Gasteiger partial charge in [-0.25, -0.2) is 0 Å². The predicted molar refractivity (Wildman–Crippen MR) is 75.6 cm³/mol. The van der Waals surface area contributed by atoms with Gasteiger partial charge in [0, 0.05) is 12.6 Å². The van der Waals surface area contributed by atoms with Crippen LogP contribution in [-0.2, 0) is 4.79 Å². The smallest absolute Gasteiger partial charge is 0.304 e. The number of nitriles is 1. The van der Waals surface area contributed by atoms with Gasteiger partial charge in [0.25, 0.3) is 0 Å². The molecule has 0 aliphatic rings. The summed E-state index contributed by atoms with van der Waals surface area (Å²) in [4.78, 5) is 12.8. The molecule has 0 radical (unpaired) electrons. The lowest BCUT2D eigenvalue weighted by atomic mass is 10.2. The summed E-state index contributed by atoms with van der Waals surface area (Å²) in [6, 6.07) is 8.97. The molecule has 0 fully saturated rings. The van der Waals surface area contributed by atoms with E-state index in [1.165, 1.54) is 0 Å². The van der Waals surface area contributed by atoms with Gasteiger partial charge in [0.15, 0.2) is 0 Å². The van der Waals surface area contributed by atoms with E-state index >= 15 is 0 Å². The van der Waals surface area contributed by atoms with E-state index in [4.69, 9.17) is 15.1 Å². The first-order valence-electron chi connectivity index (χ1n) is 6.65. The van der Waals surface area contributed by atoms with Gasteiger partial charge in [-0.15, -0.1) is 0 Å². The van der Waals surface area contributed by atoms with E-state index in [0.717, 1.165) is 6.54 Å². The third kappa shape index (κ3) is 5.29. The van der Waals surface area contributed by atoms with Crippen molar-refractivity contribution in [2.75, 3.05) is 19.7 Å². The van der Waals surface area contributed by atoms with Crippen molar-refractivity contribution in [2.45, 2.75) is 26.3 Å². The number of rotatable bonds is 8. The molecule has 0 amide bonds. The van der Waals surface area contributed by atoms with E-state index in [2.05, 4.69) is 11.0 Å². The van der Waals surface area contributed by atoms with Gasteiger partial charge in [0.05, 0.1) is 18.1 Å². The number of carboxylic acid groups (broad SMARTS) is 1. The molecule has 1 aromatic carbocycles. The summed E-state index contributed by atoms with van der Waals surface area (Å²) in [6.07, 6.45) is 0.130. The van der Waals surface area contributed by atoms with E-state index < -0.39 is 5.97 Å². The standard InChI is InChI=1S/C15H20N2O3/c1-3-17(12(2)10-15(18)19)8-9-20-14-6-4-13(11-16)5-7-14/h4-7,12H,3,8-10H2,1-2H3,(H,18,19). The third-order valence-corrected chi connectivity index (χ3v) is 3.13. The van der Waals surface area contributed by atoms with Crippen molar-refractivity contribution >= 4 is 5.97 Å². The molecule has 1 N–H and O–H groups in total. The summed E-state index contributed by atoms with van der Waals surface area (Å²) >= 11 is 0. The molecule has 108 valence electrons. The van der Waals surface area contributed by atoms with Crippen molar-refractivity contribution in [1.29, 1.82) is 5.26 Å². The molecule has 0 aliphatic carbocycles. The Morgan fingerprint density at radius 1 is 1.45 bits per heavy atom. The van der Waals surface area contributed by atoms with E-state index in [9.17, 15) is 4.79 Å². The van der Waals surface area contributed by atoms with Gasteiger partial charge in [-0.3, -0.25) is 9.69 Å². The lowest BCUT2D eigenvalue weighted by Crippen LogP contribution is -2.37. The van der Waals surface area contributed by atoms with Crippen molar-refractivity contribution in [1.82, 2.24) is 4.90 Å². The first-order chi connectivity index (χ1) is 9.56. The van der Waals surface area contributed by atoms with E-state index in [-0.39, 0.29) is 12.5 Å². The van der Waals surface area contributed by atoms with Gasteiger partial charge >= 0.3 is 5.97 Å². The Labute approximate surface area is 119 Å². The number of hydrogen-bond donors (Lipinski definition) is 1. The van der Waals surface area contributed by atoms with Crippen LogP contribution in [0.25, 0.3) is 0 Å². The number of aliphatic carboxylic acids is 1. The van der Waals surface area contributed by atoms with Crippen molar-refractivity contribution in [3.63, 3.8) is 0 Å². The van der Waals surface area contributed by atoms with Crippen LogP contribution >= 0.6 is 0 Å². The van der Waals surface area contributed by atoms with Crippen LogP contribution in [0, 0.1) is 11.3 Å². The van der Waals surface area contributed by atoms with Crippen LogP contribution in [0.2, 0.25) is 0 Å². The quantitative estimate of drug-likeness (QED) is 0.787. The number of hydrogen-bond acceptors (Lipinski definition) is 4. The molecule has 1 atom stereocenters. The molecule has 20 heavy (non-hydrogen) atoms. The lowest BCUT2D eigenvalue weighted by molar-refractivity contribution is -0.138. The van der Waals surface area contributed by atoms with Crippen molar-refractivity contribution in [3.8, 4) is 11.8 Å². The highest BCUT2D eigenvalue weighted by Gasteiger charge is 2.15. The Morgan fingerprint density at radius 3 is 2.60 bits per heavy atom. The van der Waals surface area contributed by atoms with Gasteiger partial charge in [-0.05, 0) is 37.7 Å². The van der Waals surface area contributed by atoms with Crippen LogP contribution < -0.4 is 4.74 Å². The Hall–Kier alpha value is -2.06. The number of ether oxygens (including phenoxy) is 1. The predicted octanol–water partition coefficient (Wildman–Crippen LogP) is 2.12. The maximum atomic E-state index is 10.7. The fraction of sp³-hybridized carbons (Fsp3) is 0.467. The Morgan fingerprint density at radius 2 is 2.10 bits per heavy atom. The molecule has 0 heterocycles. The van der Waals surface area contributed by atoms with Crippen LogP contribution in [-0.4, -0.2) is 41.7 Å². The lowest BCUT2D eigenvalue weighted by Gasteiger charge is -2.26. The van der Waals surface area contributed by atoms with Crippen molar-refractivity contribution in [3.05, 3.63) is 29.8 Å². The molecule has 1 unspecified atom stereocenters. The topological polar surface area (TPSA) is 73.6 Å². The highest BCUT2D eigenvalue weighted by molar-refractivity contribution is 5.67. The minimum Gasteiger partial charge on any atom is -0.492 e. The largest absolute Gasteiger partial charge is 0.492 e. The first-order valence-corrected chi connectivity index (χ1v) is 6.65. The molecule has 0 saturated carbocycles. The average molecular weight is 276 g/mol. The zero-order valence-corrected chi connectivity index (χ0v) is 11.9. The van der Waals surface area contributed by atoms with E-state index in [1.807, 2.05) is 13.8 Å². The maximum Gasteiger partial charge on any atom is 0.304 e.